The summed E-state index contributed by atoms with van der Waals surface area (Å²) in [6.07, 6.45) is 0.373. The van der Waals surface area contributed by atoms with Crippen LogP contribution in [0.1, 0.15) is 16.8 Å². The van der Waals surface area contributed by atoms with Gasteiger partial charge >= 0.3 is 0 Å². The number of ether oxygens (including phenoxy) is 2. The van der Waals surface area contributed by atoms with Gasteiger partial charge in [-0.15, -0.1) is 0 Å². The second-order valence-corrected chi connectivity index (χ2v) is 5.43. The molecular formula is C16H21FN2O4. The Bertz CT molecular complexity index is 579. The van der Waals surface area contributed by atoms with E-state index in [4.69, 9.17) is 9.47 Å². The summed E-state index contributed by atoms with van der Waals surface area (Å²) < 4.78 is 23.8. The number of carbonyl (C=O) groups excluding carboxylic acids is 2. The minimum atomic E-state index is -0.633. The normalized spacial score (nSPS) is 17.4. The molecule has 1 aromatic rings. The smallest absolute Gasteiger partial charge is 0.258 e. The van der Waals surface area contributed by atoms with Crippen LogP contribution in [0.4, 0.5) is 4.39 Å². The zero-order chi connectivity index (χ0) is 16.8. The van der Waals surface area contributed by atoms with Crippen molar-refractivity contribution in [2.45, 2.75) is 6.42 Å². The van der Waals surface area contributed by atoms with Crippen LogP contribution in [0.5, 0.6) is 5.75 Å². The van der Waals surface area contributed by atoms with Crippen molar-refractivity contribution in [1.29, 1.82) is 0 Å². The first-order valence-electron chi connectivity index (χ1n) is 7.44. The molecular weight excluding hydrogens is 303 g/mol. The molecule has 2 rings (SSSR count). The summed E-state index contributed by atoms with van der Waals surface area (Å²) in [6, 6.07) is 4.22. The molecule has 1 atom stereocenters. The first-order valence-corrected chi connectivity index (χ1v) is 7.44. The predicted molar refractivity (Wildman–Crippen MR) is 81.8 cm³/mol. The van der Waals surface area contributed by atoms with E-state index in [1.165, 1.54) is 25.3 Å². The van der Waals surface area contributed by atoms with Gasteiger partial charge in [-0.2, -0.15) is 0 Å². The predicted octanol–water partition coefficient (Wildman–Crippen LogP) is 1.06. The van der Waals surface area contributed by atoms with Gasteiger partial charge in [-0.1, -0.05) is 6.07 Å². The van der Waals surface area contributed by atoms with E-state index in [2.05, 4.69) is 5.32 Å². The van der Waals surface area contributed by atoms with E-state index in [9.17, 15) is 14.0 Å². The first kappa shape index (κ1) is 17.2. The molecule has 1 aromatic carbocycles. The van der Waals surface area contributed by atoms with Gasteiger partial charge in [0, 0.05) is 39.1 Å². The van der Waals surface area contributed by atoms with E-state index in [0.29, 0.717) is 32.7 Å². The first-order chi connectivity index (χ1) is 11.1. The van der Waals surface area contributed by atoms with Crippen LogP contribution in [0.2, 0.25) is 0 Å². The number of hydrogen-bond donors (Lipinski definition) is 1. The molecule has 1 aliphatic rings. The van der Waals surface area contributed by atoms with Gasteiger partial charge in [-0.05, 0) is 12.1 Å². The van der Waals surface area contributed by atoms with Crippen molar-refractivity contribution >= 4 is 11.8 Å². The number of carbonyl (C=O) groups is 2. The zero-order valence-corrected chi connectivity index (χ0v) is 13.3. The van der Waals surface area contributed by atoms with Crippen molar-refractivity contribution < 1.29 is 23.5 Å². The maximum absolute atomic E-state index is 13.8. The Balaban J connectivity index is 1.92. The van der Waals surface area contributed by atoms with E-state index in [1.807, 2.05) is 0 Å². The van der Waals surface area contributed by atoms with E-state index in [1.54, 1.807) is 12.0 Å². The quantitative estimate of drug-likeness (QED) is 0.814. The molecule has 0 spiro atoms. The summed E-state index contributed by atoms with van der Waals surface area (Å²) in [6.45, 7) is 1.90. The minimum absolute atomic E-state index is 0.0149. The van der Waals surface area contributed by atoms with Gasteiger partial charge in [0.15, 0.2) is 0 Å². The Morgan fingerprint density at radius 3 is 2.91 bits per heavy atom. The molecule has 7 heteroatoms. The lowest BCUT2D eigenvalue weighted by Crippen LogP contribution is -2.33. The van der Waals surface area contributed by atoms with Gasteiger partial charge in [0.1, 0.15) is 17.1 Å². The number of halogens is 1. The molecule has 1 aliphatic heterocycles. The topological polar surface area (TPSA) is 67.9 Å². The average Bonchev–Trinajstić information content (AvgIpc) is 2.90. The molecule has 0 aliphatic carbocycles. The summed E-state index contributed by atoms with van der Waals surface area (Å²) in [4.78, 5) is 25.7. The molecule has 2 amide bonds. The lowest BCUT2D eigenvalue weighted by atomic mass is 10.1. The molecule has 1 unspecified atom stereocenters. The lowest BCUT2D eigenvalue weighted by molar-refractivity contribution is -0.128. The van der Waals surface area contributed by atoms with Gasteiger partial charge in [0.05, 0.1) is 13.7 Å². The third-order valence-corrected chi connectivity index (χ3v) is 3.83. The number of likely N-dealkylation sites (tertiary alicyclic amines) is 1. The molecule has 0 bridgehead atoms. The summed E-state index contributed by atoms with van der Waals surface area (Å²) in [7, 11) is 2.97. The number of amides is 2. The van der Waals surface area contributed by atoms with Crippen LogP contribution in [-0.2, 0) is 9.53 Å². The summed E-state index contributed by atoms with van der Waals surface area (Å²) in [5, 5.41) is 2.68. The number of nitrogens with one attached hydrogen (secondary N) is 1. The van der Waals surface area contributed by atoms with Crippen molar-refractivity contribution in [2.75, 3.05) is 40.5 Å². The maximum atomic E-state index is 13.8. The van der Waals surface area contributed by atoms with Crippen molar-refractivity contribution in [2.24, 2.45) is 5.92 Å². The molecule has 126 valence electrons. The Morgan fingerprint density at radius 2 is 2.22 bits per heavy atom. The monoisotopic (exact) mass is 324 g/mol. The van der Waals surface area contributed by atoms with Gasteiger partial charge in [-0.25, -0.2) is 4.39 Å². The van der Waals surface area contributed by atoms with Gasteiger partial charge in [0.2, 0.25) is 5.91 Å². The summed E-state index contributed by atoms with van der Waals surface area (Å²) >= 11 is 0. The Kier molecular flexibility index (Phi) is 5.92. The number of benzene rings is 1. The maximum Gasteiger partial charge on any atom is 0.258 e. The van der Waals surface area contributed by atoms with Crippen molar-refractivity contribution in [1.82, 2.24) is 10.2 Å². The Morgan fingerprint density at radius 1 is 1.43 bits per heavy atom. The lowest BCUT2D eigenvalue weighted by Gasteiger charge is -2.16. The highest BCUT2D eigenvalue weighted by molar-refractivity contribution is 5.97. The molecule has 1 N–H and O–H groups in total. The van der Waals surface area contributed by atoms with E-state index in [0.717, 1.165) is 0 Å². The standard InChI is InChI=1S/C16H21FN2O4/c1-22-7-6-19-10-11(8-14(19)20)9-18-16(21)15-12(17)4-3-5-13(15)23-2/h3-5,11H,6-10H2,1-2H3,(H,18,21). The number of nitrogens with zero attached hydrogens (tertiary/aromatic N) is 1. The van der Waals surface area contributed by atoms with E-state index in [-0.39, 0.29) is 23.1 Å². The van der Waals surface area contributed by atoms with Crippen molar-refractivity contribution in [3.8, 4) is 5.75 Å². The highest BCUT2D eigenvalue weighted by Crippen LogP contribution is 2.21. The highest BCUT2D eigenvalue weighted by atomic mass is 19.1. The summed E-state index contributed by atoms with van der Waals surface area (Å²) in [5.74, 6) is -0.925. The largest absolute Gasteiger partial charge is 0.496 e. The molecule has 23 heavy (non-hydrogen) atoms. The fraction of sp³-hybridized carbons (Fsp3) is 0.500. The molecule has 6 nitrogen and oxygen atoms in total. The van der Waals surface area contributed by atoms with Crippen molar-refractivity contribution in [3.05, 3.63) is 29.6 Å². The van der Waals surface area contributed by atoms with E-state index >= 15 is 0 Å². The van der Waals surface area contributed by atoms with Crippen LogP contribution in [0.25, 0.3) is 0 Å². The third-order valence-electron chi connectivity index (χ3n) is 3.83. The molecule has 0 radical (unpaired) electrons. The van der Waals surface area contributed by atoms with Crippen LogP contribution in [0.3, 0.4) is 0 Å². The average molecular weight is 324 g/mol. The Hall–Kier alpha value is -2.15. The van der Waals surface area contributed by atoms with E-state index < -0.39 is 11.7 Å². The van der Waals surface area contributed by atoms with Gasteiger partial charge in [0.25, 0.3) is 5.91 Å². The van der Waals surface area contributed by atoms with Crippen LogP contribution in [0, 0.1) is 11.7 Å². The Labute approximate surface area is 134 Å². The zero-order valence-electron chi connectivity index (χ0n) is 13.3. The minimum Gasteiger partial charge on any atom is -0.496 e. The van der Waals surface area contributed by atoms with Crippen LogP contribution < -0.4 is 10.1 Å². The molecule has 1 saturated heterocycles. The number of methoxy groups -OCH3 is 2. The van der Waals surface area contributed by atoms with Crippen molar-refractivity contribution in [3.63, 3.8) is 0 Å². The van der Waals surface area contributed by atoms with Crippen LogP contribution in [-0.4, -0.2) is 57.2 Å². The van der Waals surface area contributed by atoms with Gasteiger partial charge < -0.3 is 19.7 Å². The summed E-state index contributed by atoms with van der Waals surface area (Å²) in [5.41, 5.74) is -0.115. The molecule has 0 aromatic heterocycles. The second kappa shape index (κ2) is 7.92. The van der Waals surface area contributed by atoms with Crippen LogP contribution in [0.15, 0.2) is 18.2 Å². The number of rotatable bonds is 7. The SMILES string of the molecule is COCCN1CC(CNC(=O)c2c(F)cccc2OC)CC1=O. The third kappa shape index (κ3) is 4.19. The fourth-order valence-electron chi connectivity index (χ4n) is 2.63. The van der Waals surface area contributed by atoms with Gasteiger partial charge in [-0.3, -0.25) is 9.59 Å². The fourth-order valence-corrected chi connectivity index (χ4v) is 2.63. The second-order valence-electron chi connectivity index (χ2n) is 5.43. The number of hydrogen-bond acceptors (Lipinski definition) is 4. The molecule has 1 heterocycles. The molecule has 0 saturated carbocycles. The van der Waals surface area contributed by atoms with Crippen LogP contribution >= 0.6 is 0 Å². The molecule has 1 fully saturated rings. The highest BCUT2D eigenvalue weighted by Gasteiger charge is 2.29.